The monoisotopic (exact) mass is 287 g/mol. The van der Waals surface area contributed by atoms with E-state index in [1.807, 2.05) is 6.92 Å². The Kier molecular flexibility index (Phi) is 5.44. The lowest BCUT2D eigenvalue weighted by Gasteiger charge is -2.23. The Labute approximate surface area is 116 Å². The van der Waals surface area contributed by atoms with Crippen molar-refractivity contribution in [1.82, 2.24) is 0 Å². The zero-order valence-electron chi connectivity index (χ0n) is 11.8. The number of methoxy groups -OCH3 is 1. The minimum atomic E-state index is -1.27. The lowest BCUT2D eigenvalue weighted by Crippen LogP contribution is -2.33. The van der Waals surface area contributed by atoms with Gasteiger partial charge in [-0.05, 0) is 25.5 Å². The third-order valence-electron chi connectivity index (χ3n) is 2.94. The van der Waals surface area contributed by atoms with Crippen molar-refractivity contribution in [3.05, 3.63) is 29.3 Å². The molecule has 0 aliphatic heterocycles. The molecule has 0 fully saturated rings. The molecule has 112 valence electrons. The van der Waals surface area contributed by atoms with Gasteiger partial charge in [-0.3, -0.25) is 0 Å². The van der Waals surface area contributed by atoms with E-state index in [9.17, 15) is 18.7 Å². The highest BCUT2D eigenvalue weighted by Gasteiger charge is 2.22. The number of hydrogen-bond donors (Lipinski definition) is 2. The molecular formula is C14H19F2NO3. The van der Waals surface area contributed by atoms with Crippen molar-refractivity contribution in [1.29, 1.82) is 0 Å². The molecule has 0 aromatic heterocycles. The van der Waals surface area contributed by atoms with Gasteiger partial charge < -0.3 is 15.2 Å². The molecule has 0 spiro atoms. The first-order valence-corrected chi connectivity index (χ1v) is 6.35. The quantitative estimate of drug-likeness (QED) is 0.790. The van der Waals surface area contributed by atoms with Crippen molar-refractivity contribution in [3.63, 3.8) is 0 Å². The van der Waals surface area contributed by atoms with Crippen molar-refractivity contribution in [2.45, 2.75) is 32.3 Å². The maximum Gasteiger partial charge on any atom is 0.340 e. The number of benzene rings is 1. The number of carbonyl (C=O) groups is 1. The fourth-order valence-electron chi connectivity index (χ4n) is 1.87. The molecule has 20 heavy (non-hydrogen) atoms. The second-order valence-electron chi connectivity index (χ2n) is 4.88. The Hall–Kier alpha value is -1.69. The maximum absolute atomic E-state index is 13.8. The lowest BCUT2D eigenvalue weighted by atomic mass is 10.0. The van der Waals surface area contributed by atoms with Crippen LogP contribution in [0, 0.1) is 11.6 Å². The summed E-state index contributed by atoms with van der Waals surface area (Å²) < 4.78 is 31.8. The number of esters is 1. The molecule has 1 aromatic rings. The highest BCUT2D eigenvalue weighted by molar-refractivity contribution is 5.90. The fourth-order valence-corrected chi connectivity index (χ4v) is 1.87. The second-order valence-corrected chi connectivity index (χ2v) is 4.88. The third kappa shape index (κ3) is 3.90. The molecule has 0 saturated carbocycles. The van der Waals surface area contributed by atoms with Gasteiger partial charge in [0.1, 0.15) is 0 Å². The fraction of sp³-hybridized carbons (Fsp3) is 0.500. The van der Waals surface area contributed by atoms with Gasteiger partial charge in [-0.15, -0.1) is 0 Å². The number of nitrogens with one attached hydrogen (secondary N) is 1. The summed E-state index contributed by atoms with van der Waals surface area (Å²) in [7, 11) is 1.09. The van der Waals surface area contributed by atoms with Crippen LogP contribution in [-0.2, 0) is 4.74 Å². The minimum Gasteiger partial charge on any atom is -0.465 e. The van der Waals surface area contributed by atoms with E-state index >= 15 is 0 Å². The van der Waals surface area contributed by atoms with Crippen LogP contribution in [0.3, 0.4) is 0 Å². The van der Waals surface area contributed by atoms with Gasteiger partial charge in [0.15, 0.2) is 11.6 Å². The van der Waals surface area contributed by atoms with Crippen LogP contribution in [-0.4, -0.2) is 30.3 Å². The molecule has 2 N–H and O–H groups in total. The number of carbonyl (C=O) groups excluding carboxylic acids is 1. The number of rotatable bonds is 6. The molecule has 4 nitrogen and oxygen atoms in total. The molecule has 0 aliphatic rings. The number of halogens is 2. The van der Waals surface area contributed by atoms with Crippen molar-refractivity contribution < 1.29 is 23.4 Å². The van der Waals surface area contributed by atoms with Crippen molar-refractivity contribution in [2.24, 2.45) is 0 Å². The van der Waals surface area contributed by atoms with E-state index in [0.29, 0.717) is 6.42 Å². The Morgan fingerprint density at radius 1 is 1.40 bits per heavy atom. The first-order valence-electron chi connectivity index (χ1n) is 6.35. The van der Waals surface area contributed by atoms with E-state index < -0.39 is 28.8 Å². The van der Waals surface area contributed by atoms with E-state index in [0.717, 1.165) is 19.6 Å². The van der Waals surface area contributed by atoms with Gasteiger partial charge >= 0.3 is 5.97 Å². The predicted molar refractivity (Wildman–Crippen MR) is 71.7 cm³/mol. The van der Waals surface area contributed by atoms with Crippen LogP contribution in [0.2, 0.25) is 0 Å². The summed E-state index contributed by atoms with van der Waals surface area (Å²) in [6.07, 6.45) is 1.30. The highest BCUT2D eigenvalue weighted by atomic mass is 19.2. The smallest absolute Gasteiger partial charge is 0.340 e. The second kappa shape index (κ2) is 6.65. The van der Waals surface area contributed by atoms with Crippen LogP contribution in [0.25, 0.3) is 0 Å². The molecule has 1 aromatic carbocycles. The van der Waals surface area contributed by atoms with Gasteiger partial charge in [0.05, 0.1) is 24.0 Å². The van der Waals surface area contributed by atoms with Gasteiger partial charge in [-0.2, -0.15) is 0 Å². The largest absolute Gasteiger partial charge is 0.465 e. The summed E-state index contributed by atoms with van der Waals surface area (Å²) in [6.45, 7) is 3.61. The van der Waals surface area contributed by atoms with E-state index in [4.69, 9.17) is 0 Å². The minimum absolute atomic E-state index is 0.0781. The molecule has 6 heteroatoms. The van der Waals surface area contributed by atoms with E-state index in [1.54, 1.807) is 6.92 Å². The molecule has 0 aliphatic carbocycles. The molecule has 1 rings (SSSR count). The summed E-state index contributed by atoms with van der Waals surface area (Å²) in [5.74, 6) is -3.37. The zero-order valence-corrected chi connectivity index (χ0v) is 11.8. The van der Waals surface area contributed by atoms with E-state index in [1.165, 1.54) is 6.07 Å². The number of hydrogen-bond acceptors (Lipinski definition) is 4. The van der Waals surface area contributed by atoms with Crippen molar-refractivity contribution in [3.8, 4) is 0 Å². The average Bonchev–Trinajstić information content (AvgIpc) is 2.39. The highest BCUT2D eigenvalue weighted by Crippen LogP contribution is 2.22. The molecule has 0 amide bonds. The van der Waals surface area contributed by atoms with Gasteiger partial charge in [0.2, 0.25) is 0 Å². The van der Waals surface area contributed by atoms with Gasteiger partial charge in [0, 0.05) is 6.54 Å². The van der Waals surface area contributed by atoms with Gasteiger partial charge in [0.25, 0.3) is 0 Å². The Morgan fingerprint density at radius 3 is 2.60 bits per heavy atom. The molecular weight excluding hydrogens is 268 g/mol. The summed E-state index contributed by atoms with van der Waals surface area (Å²) in [5, 5.41) is 12.6. The number of ether oxygens (including phenoxy) is 1. The Morgan fingerprint density at radius 2 is 2.05 bits per heavy atom. The summed E-state index contributed by atoms with van der Waals surface area (Å²) >= 11 is 0. The Bertz CT molecular complexity index is 490. The van der Waals surface area contributed by atoms with E-state index in [-0.39, 0.29) is 12.2 Å². The van der Waals surface area contributed by atoms with Gasteiger partial charge in [-0.1, -0.05) is 13.3 Å². The topological polar surface area (TPSA) is 58.6 Å². The van der Waals surface area contributed by atoms with Crippen LogP contribution < -0.4 is 5.32 Å². The molecule has 0 heterocycles. The molecule has 0 radical (unpaired) electrons. The molecule has 1 atom stereocenters. The van der Waals surface area contributed by atoms with Crippen LogP contribution in [0.4, 0.5) is 14.5 Å². The average molecular weight is 287 g/mol. The van der Waals surface area contributed by atoms with Crippen LogP contribution in [0.5, 0.6) is 0 Å². The zero-order chi connectivity index (χ0) is 15.3. The van der Waals surface area contributed by atoms with Crippen LogP contribution >= 0.6 is 0 Å². The van der Waals surface area contributed by atoms with Gasteiger partial charge in [-0.25, -0.2) is 13.6 Å². The molecule has 0 bridgehead atoms. The Balaban J connectivity index is 2.88. The number of anilines is 1. The van der Waals surface area contributed by atoms with Crippen LogP contribution in [0.15, 0.2) is 12.1 Å². The lowest BCUT2D eigenvalue weighted by molar-refractivity contribution is 0.0592. The predicted octanol–water partition coefficient (Wildman–Crippen LogP) is 2.71. The maximum atomic E-state index is 13.8. The molecule has 1 unspecified atom stereocenters. The van der Waals surface area contributed by atoms with Crippen molar-refractivity contribution >= 4 is 11.7 Å². The molecule has 0 saturated heterocycles. The van der Waals surface area contributed by atoms with Crippen LogP contribution in [0.1, 0.15) is 37.0 Å². The number of aliphatic hydroxyl groups is 1. The first-order chi connectivity index (χ1) is 9.32. The normalized spacial score (nSPS) is 13.7. The third-order valence-corrected chi connectivity index (χ3v) is 2.94. The van der Waals surface area contributed by atoms with Crippen molar-refractivity contribution in [2.75, 3.05) is 19.0 Å². The van der Waals surface area contributed by atoms with E-state index in [2.05, 4.69) is 10.1 Å². The first kappa shape index (κ1) is 16.4. The summed E-state index contributed by atoms with van der Waals surface area (Å²) in [4.78, 5) is 11.2. The summed E-state index contributed by atoms with van der Waals surface area (Å²) in [6, 6.07) is 2.38. The standard InChI is InChI=1S/C14H19F2NO3/c1-4-7-14(2,19)8-17-10-6-5-9(13(18)20-3)11(15)12(10)16/h5-6,17,19H,4,7-8H2,1-3H3. The summed E-state index contributed by atoms with van der Waals surface area (Å²) in [5.41, 5.74) is -1.58. The SMILES string of the molecule is CCCC(C)(O)CNc1ccc(C(=O)OC)c(F)c1F.